The van der Waals surface area contributed by atoms with E-state index in [0.29, 0.717) is 25.4 Å². The number of amides is 1. The smallest absolute Gasteiger partial charge is 0.378 e. The third kappa shape index (κ3) is 6.64. The lowest BCUT2D eigenvalue weighted by molar-refractivity contribution is -0.127. The number of morpholine rings is 1. The largest absolute Gasteiger partial charge is 0.393 e. The van der Waals surface area contributed by atoms with Crippen LogP contribution in [0.25, 0.3) is 0 Å². The van der Waals surface area contributed by atoms with E-state index >= 15 is 0 Å². The van der Waals surface area contributed by atoms with Gasteiger partial charge in [-0.15, -0.1) is 12.4 Å². The Kier molecular flexibility index (Phi) is 7.12. The SMILES string of the molecule is Cl.O=C(CC1COCCN1)Nc1cccc(CC(F)(F)F)c1. The molecule has 1 heterocycles. The number of benzene rings is 1. The molecule has 2 rings (SSSR count). The van der Waals surface area contributed by atoms with Gasteiger partial charge in [-0.25, -0.2) is 0 Å². The minimum absolute atomic E-state index is 0. The maximum Gasteiger partial charge on any atom is 0.393 e. The van der Waals surface area contributed by atoms with Crippen molar-refractivity contribution in [3.05, 3.63) is 29.8 Å². The fraction of sp³-hybridized carbons (Fsp3) is 0.500. The second-order valence-electron chi connectivity index (χ2n) is 4.97. The number of halogens is 4. The summed E-state index contributed by atoms with van der Waals surface area (Å²) in [6, 6.07) is 5.74. The number of carbonyl (C=O) groups excluding carboxylic acids is 1. The van der Waals surface area contributed by atoms with Crippen molar-refractivity contribution in [1.82, 2.24) is 5.32 Å². The molecule has 1 aliphatic heterocycles. The third-order valence-electron chi connectivity index (χ3n) is 3.05. The lowest BCUT2D eigenvalue weighted by Gasteiger charge is -2.23. The van der Waals surface area contributed by atoms with Crippen LogP contribution >= 0.6 is 12.4 Å². The van der Waals surface area contributed by atoms with Crippen LogP contribution in [0.5, 0.6) is 0 Å². The summed E-state index contributed by atoms with van der Waals surface area (Å²) in [4.78, 5) is 11.8. The van der Waals surface area contributed by atoms with Gasteiger partial charge in [-0.2, -0.15) is 13.2 Å². The fourth-order valence-corrected chi connectivity index (χ4v) is 2.18. The summed E-state index contributed by atoms with van der Waals surface area (Å²) in [5.41, 5.74) is 0.498. The number of hydrogen-bond acceptors (Lipinski definition) is 3. The Hall–Kier alpha value is -1.31. The summed E-state index contributed by atoms with van der Waals surface area (Å²) < 4.78 is 42.2. The van der Waals surface area contributed by atoms with Gasteiger partial charge in [-0.1, -0.05) is 12.1 Å². The molecular weight excluding hydrogens is 321 g/mol. The predicted octanol–water partition coefficient (Wildman–Crippen LogP) is 2.53. The van der Waals surface area contributed by atoms with Gasteiger partial charge in [0.05, 0.1) is 19.6 Å². The highest BCUT2D eigenvalue weighted by Gasteiger charge is 2.27. The topological polar surface area (TPSA) is 50.4 Å². The number of carbonyl (C=O) groups is 1. The molecule has 8 heteroatoms. The van der Waals surface area contributed by atoms with Crippen molar-refractivity contribution in [2.45, 2.75) is 25.1 Å². The minimum atomic E-state index is -4.26. The van der Waals surface area contributed by atoms with Gasteiger partial charge in [0.25, 0.3) is 0 Å². The fourth-order valence-electron chi connectivity index (χ4n) is 2.18. The highest BCUT2D eigenvalue weighted by molar-refractivity contribution is 5.91. The van der Waals surface area contributed by atoms with Crippen LogP contribution in [0.4, 0.5) is 18.9 Å². The van der Waals surface area contributed by atoms with Crippen LogP contribution < -0.4 is 10.6 Å². The first-order chi connectivity index (χ1) is 9.92. The summed E-state index contributed by atoms with van der Waals surface area (Å²) in [6.07, 6.45) is -5.04. The Morgan fingerprint density at radius 3 is 2.82 bits per heavy atom. The maximum absolute atomic E-state index is 12.3. The molecule has 1 aromatic rings. The first-order valence-corrected chi connectivity index (χ1v) is 6.69. The van der Waals surface area contributed by atoms with Crippen LogP contribution in [0.15, 0.2) is 24.3 Å². The number of rotatable bonds is 4. The molecule has 1 fully saturated rings. The molecule has 0 aromatic heterocycles. The highest BCUT2D eigenvalue weighted by Crippen LogP contribution is 2.23. The average Bonchev–Trinajstić information content (AvgIpc) is 2.38. The first kappa shape index (κ1) is 18.7. The molecule has 4 nitrogen and oxygen atoms in total. The van der Waals surface area contributed by atoms with Crippen LogP contribution in [0.3, 0.4) is 0 Å². The van der Waals surface area contributed by atoms with E-state index in [0.717, 1.165) is 0 Å². The number of nitrogens with one attached hydrogen (secondary N) is 2. The van der Waals surface area contributed by atoms with E-state index < -0.39 is 12.6 Å². The number of alkyl halides is 3. The standard InChI is InChI=1S/C14H17F3N2O2.ClH/c15-14(16,17)8-10-2-1-3-11(6-10)19-13(20)7-12-9-21-5-4-18-12;/h1-3,6,12,18H,4-5,7-9H2,(H,19,20);1H. The van der Waals surface area contributed by atoms with Gasteiger partial charge in [0.1, 0.15) is 0 Å². The molecule has 1 aromatic carbocycles. The van der Waals surface area contributed by atoms with Crippen LogP contribution in [-0.2, 0) is 16.0 Å². The van der Waals surface area contributed by atoms with Crippen molar-refractivity contribution in [3.8, 4) is 0 Å². The van der Waals surface area contributed by atoms with Crippen molar-refractivity contribution in [2.24, 2.45) is 0 Å². The first-order valence-electron chi connectivity index (χ1n) is 6.69. The summed E-state index contributed by atoms with van der Waals surface area (Å²) >= 11 is 0. The van der Waals surface area contributed by atoms with Crippen molar-refractivity contribution >= 4 is 24.0 Å². The molecule has 1 aliphatic rings. The predicted molar refractivity (Wildman–Crippen MR) is 79.3 cm³/mol. The van der Waals surface area contributed by atoms with E-state index in [1.54, 1.807) is 6.07 Å². The van der Waals surface area contributed by atoms with Crippen molar-refractivity contribution in [3.63, 3.8) is 0 Å². The normalized spacial score (nSPS) is 18.4. The molecule has 1 atom stereocenters. The molecule has 0 aliphatic carbocycles. The van der Waals surface area contributed by atoms with Crippen LogP contribution in [0.1, 0.15) is 12.0 Å². The minimum Gasteiger partial charge on any atom is -0.378 e. The van der Waals surface area contributed by atoms with E-state index in [1.165, 1.54) is 18.2 Å². The van der Waals surface area contributed by atoms with Gasteiger partial charge in [0.2, 0.25) is 5.91 Å². The Bertz CT molecular complexity index is 491. The van der Waals surface area contributed by atoms with Gasteiger partial charge in [-0.3, -0.25) is 4.79 Å². The summed E-state index contributed by atoms with van der Waals surface area (Å²) in [7, 11) is 0. The average molecular weight is 339 g/mol. The number of anilines is 1. The monoisotopic (exact) mass is 338 g/mol. The zero-order valence-electron chi connectivity index (χ0n) is 11.8. The van der Waals surface area contributed by atoms with Gasteiger partial charge in [0.15, 0.2) is 0 Å². The lowest BCUT2D eigenvalue weighted by atomic mass is 10.1. The highest BCUT2D eigenvalue weighted by atomic mass is 35.5. The molecule has 0 radical (unpaired) electrons. The zero-order valence-corrected chi connectivity index (χ0v) is 12.6. The lowest BCUT2D eigenvalue weighted by Crippen LogP contribution is -2.43. The van der Waals surface area contributed by atoms with Gasteiger partial charge in [0, 0.05) is 24.7 Å². The van der Waals surface area contributed by atoms with Crippen LogP contribution in [0, 0.1) is 0 Å². The Morgan fingerprint density at radius 1 is 1.41 bits per heavy atom. The Labute approximate surface area is 132 Å². The van der Waals surface area contributed by atoms with E-state index in [9.17, 15) is 18.0 Å². The second-order valence-corrected chi connectivity index (χ2v) is 4.97. The molecule has 1 saturated heterocycles. The molecular formula is C14H18ClF3N2O2. The third-order valence-corrected chi connectivity index (χ3v) is 3.05. The molecule has 2 N–H and O–H groups in total. The van der Waals surface area contributed by atoms with E-state index in [4.69, 9.17) is 4.74 Å². The van der Waals surface area contributed by atoms with Crippen molar-refractivity contribution in [1.29, 1.82) is 0 Å². The van der Waals surface area contributed by atoms with Crippen LogP contribution in [0.2, 0.25) is 0 Å². The molecule has 0 saturated carbocycles. The zero-order chi connectivity index (χ0) is 15.3. The molecule has 124 valence electrons. The Balaban J connectivity index is 0.00000242. The summed E-state index contributed by atoms with van der Waals surface area (Å²) in [6.45, 7) is 1.78. The number of ether oxygens (including phenoxy) is 1. The van der Waals surface area contributed by atoms with Crippen LogP contribution in [-0.4, -0.2) is 37.9 Å². The van der Waals surface area contributed by atoms with Crippen molar-refractivity contribution in [2.75, 3.05) is 25.1 Å². The quantitative estimate of drug-likeness (QED) is 0.887. The summed E-state index contributed by atoms with van der Waals surface area (Å²) in [5, 5.41) is 5.76. The van der Waals surface area contributed by atoms with Gasteiger partial charge in [-0.05, 0) is 17.7 Å². The van der Waals surface area contributed by atoms with Gasteiger partial charge >= 0.3 is 6.18 Å². The molecule has 1 unspecified atom stereocenters. The van der Waals surface area contributed by atoms with E-state index in [1.807, 2.05) is 0 Å². The maximum atomic E-state index is 12.3. The molecule has 22 heavy (non-hydrogen) atoms. The van der Waals surface area contributed by atoms with Gasteiger partial charge < -0.3 is 15.4 Å². The summed E-state index contributed by atoms with van der Waals surface area (Å²) in [5.74, 6) is -0.248. The molecule has 0 spiro atoms. The molecule has 0 bridgehead atoms. The number of hydrogen-bond donors (Lipinski definition) is 2. The van der Waals surface area contributed by atoms with E-state index in [2.05, 4.69) is 10.6 Å². The molecule has 1 amide bonds. The van der Waals surface area contributed by atoms with Crippen molar-refractivity contribution < 1.29 is 22.7 Å². The van der Waals surface area contributed by atoms with E-state index in [-0.39, 0.29) is 36.3 Å². The second kappa shape index (κ2) is 8.36. The Morgan fingerprint density at radius 2 is 2.18 bits per heavy atom.